The molecule has 1 aromatic carbocycles. The van der Waals surface area contributed by atoms with E-state index in [1.54, 1.807) is 23.9 Å². The van der Waals surface area contributed by atoms with E-state index in [-0.39, 0.29) is 11.7 Å². The molecule has 0 spiro atoms. The number of nitrogens with one attached hydrogen (secondary N) is 1. The minimum Gasteiger partial charge on any atom is -0.468 e. The number of carbonyl (C=O) groups is 1. The van der Waals surface area contributed by atoms with Gasteiger partial charge in [-0.2, -0.15) is 5.10 Å². The maximum absolute atomic E-state index is 12.6. The lowest BCUT2D eigenvalue weighted by molar-refractivity contribution is 0.0931. The molecule has 0 aliphatic carbocycles. The van der Waals surface area contributed by atoms with Crippen LogP contribution in [0, 0.1) is 6.92 Å². The SMILES string of the molecule is Cc1cc(=O)c(C(=O)NCC(c2ccco2)N(C)C)nn1-c1ccccc1. The third-order valence-electron chi connectivity index (χ3n) is 4.27. The molecule has 1 unspecified atom stereocenters. The minimum absolute atomic E-state index is 0.138. The van der Waals surface area contributed by atoms with Gasteiger partial charge in [-0.05, 0) is 45.3 Å². The third-order valence-corrected chi connectivity index (χ3v) is 4.27. The van der Waals surface area contributed by atoms with Gasteiger partial charge in [0.2, 0.25) is 5.43 Å². The molecular weight excluding hydrogens is 344 g/mol. The summed E-state index contributed by atoms with van der Waals surface area (Å²) in [6, 6.07) is 14.3. The molecule has 0 saturated heterocycles. The maximum atomic E-state index is 12.6. The zero-order valence-electron chi connectivity index (χ0n) is 15.5. The van der Waals surface area contributed by atoms with Crippen molar-refractivity contribution in [2.24, 2.45) is 0 Å². The van der Waals surface area contributed by atoms with Crippen molar-refractivity contribution < 1.29 is 9.21 Å². The Balaban J connectivity index is 1.83. The lowest BCUT2D eigenvalue weighted by Crippen LogP contribution is -2.37. The molecule has 1 N–H and O–H groups in total. The molecule has 0 bridgehead atoms. The third kappa shape index (κ3) is 4.15. The van der Waals surface area contributed by atoms with E-state index in [2.05, 4.69) is 10.4 Å². The van der Waals surface area contributed by atoms with E-state index in [1.807, 2.05) is 55.4 Å². The molecule has 1 amide bonds. The topological polar surface area (TPSA) is 80.4 Å². The first-order valence-corrected chi connectivity index (χ1v) is 8.62. The lowest BCUT2D eigenvalue weighted by atomic mass is 10.2. The predicted octanol–water partition coefficient (Wildman–Crippen LogP) is 2.17. The van der Waals surface area contributed by atoms with Crippen molar-refractivity contribution in [1.82, 2.24) is 20.0 Å². The standard InChI is InChI=1S/C20H22N4O3/c1-14-12-17(25)19(22-24(14)15-8-5-4-6-9-15)20(26)21-13-16(23(2)3)18-10-7-11-27-18/h4-12,16H,13H2,1-3H3,(H,21,26). The summed E-state index contributed by atoms with van der Waals surface area (Å²) in [5.74, 6) is 0.224. The molecule has 2 heterocycles. The maximum Gasteiger partial charge on any atom is 0.275 e. The van der Waals surface area contributed by atoms with E-state index in [0.29, 0.717) is 12.2 Å². The van der Waals surface area contributed by atoms with Crippen LogP contribution in [0.4, 0.5) is 0 Å². The van der Waals surface area contributed by atoms with Crippen LogP contribution in [0.1, 0.15) is 28.0 Å². The van der Waals surface area contributed by atoms with E-state index in [1.165, 1.54) is 6.07 Å². The Labute approximate surface area is 157 Å². The van der Waals surface area contributed by atoms with Crippen LogP contribution in [0.15, 0.2) is 64.0 Å². The number of likely N-dealkylation sites (N-methyl/N-ethyl adjacent to an activating group) is 1. The Hall–Kier alpha value is -3.19. The number of aromatic nitrogens is 2. The van der Waals surface area contributed by atoms with Gasteiger partial charge in [-0.25, -0.2) is 4.68 Å². The van der Waals surface area contributed by atoms with Crippen molar-refractivity contribution in [3.63, 3.8) is 0 Å². The van der Waals surface area contributed by atoms with Gasteiger partial charge in [0.1, 0.15) is 5.76 Å². The smallest absolute Gasteiger partial charge is 0.275 e. The molecule has 3 aromatic rings. The number of aryl methyl sites for hydroxylation is 1. The van der Waals surface area contributed by atoms with Gasteiger partial charge in [0, 0.05) is 18.3 Å². The van der Waals surface area contributed by atoms with Crippen LogP contribution in [0.25, 0.3) is 5.69 Å². The zero-order valence-corrected chi connectivity index (χ0v) is 15.5. The molecule has 27 heavy (non-hydrogen) atoms. The Morgan fingerprint density at radius 2 is 1.96 bits per heavy atom. The summed E-state index contributed by atoms with van der Waals surface area (Å²) in [6.45, 7) is 2.07. The van der Waals surface area contributed by atoms with Gasteiger partial charge in [0.05, 0.1) is 18.0 Å². The average Bonchev–Trinajstić information content (AvgIpc) is 3.16. The minimum atomic E-state index is -0.511. The summed E-state index contributed by atoms with van der Waals surface area (Å²) >= 11 is 0. The number of hydrogen-bond acceptors (Lipinski definition) is 5. The Morgan fingerprint density at radius 3 is 2.59 bits per heavy atom. The fourth-order valence-electron chi connectivity index (χ4n) is 2.83. The summed E-state index contributed by atoms with van der Waals surface area (Å²) in [7, 11) is 3.79. The molecule has 7 nitrogen and oxygen atoms in total. The van der Waals surface area contributed by atoms with Gasteiger partial charge in [-0.15, -0.1) is 0 Å². The second-order valence-electron chi connectivity index (χ2n) is 6.45. The van der Waals surface area contributed by atoms with E-state index < -0.39 is 11.3 Å². The van der Waals surface area contributed by atoms with Crippen molar-refractivity contribution in [2.75, 3.05) is 20.6 Å². The molecular formula is C20H22N4O3. The summed E-state index contributed by atoms with van der Waals surface area (Å²) in [5.41, 5.74) is 0.897. The molecule has 3 rings (SSSR count). The van der Waals surface area contributed by atoms with Gasteiger partial charge in [-0.1, -0.05) is 18.2 Å². The van der Waals surface area contributed by atoms with Crippen LogP contribution in [-0.4, -0.2) is 41.2 Å². The number of para-hydroxylation sites is 1. The molecule has 7 heteroatoms. The molecule has 0 fully saturated rings. The van der Waals surface area contributed by atoms with Gasteiger partial charge in [0.15, 0.2) is 5.69 Å². The van der Waals surface area contributed by atoms with Crippen LogP contribution >= 0.6 is 0 Å². The van der Waals surface area contributed by atoms with Crippen LogP contribution in [0.5, 0.6) is 0 Å². The zero-order chi connectivity index (χ0) is 19.4. The number of furan rings is 1. The first-order valence-electron chi connectivity index (χ1n) is 8.62. The van der Waals surface area contributed by atoms with E-state index in [9.17, 15) is 9.59 Å². The second kappa shape index (κ2) is 8.01. The Kier molecular flexibility index (Phi) is 5.52. The molecule has 2 aromatic heterocycles. The van der Waals surface area contributed by atoms with Gasteiger partial charge < -0.3 is 9.73 Å². The fourth-order valence-corrected chi connectivity index (χ4v) is 2.83. The summed E-state index contributed by atoms with van der Waals surface area (Å²) in [6.07, 6.45) is 1.59. The van der Waals surface area contributed by atoms with E-state index >= 15 is 0 Å². The Morgan fingerprint density at radius 1 is 1.22 bits per heavy atom. The quantitative estimate of drug-likeness (QED) is 0.723. The molecule has 0 aliphatic rings. The highest BCUT2D eigenvalue weighted by molar-refractivity contribution is 5.92. The molecule has 0 aliphatic heterocycles. The van der Waals surface area contributed by atoms with Crippen LogP contribution in [0.3, 0.4) is 0 Å². The number of hydrogen-bond donors (Lipinski definition) is 1. The first kappa shape index (κ1) is 18.6. The van der Waals surface area contributed by atoms with Crippen LogP contribution < -0.4 is 10.7 Å². The van der Waals surface area contributed by atoms with Crippen molar-refractivity contribution in [1.29, 1.82) is 0 Å². The highest BCUT2D eigenvalue weighted by atomic mass is 16.3. The number of carbonyl (C=O) groups excluding carboxylic acids is 1. The largest absolute Gasteiger partial charge is 0.468 e. The average molecular weight is 366 g/mol. The predicted molar refractivity (Wildman–Crippen MR) is 102 cm³/mol. The fraction of sp³-hybridized carbons (Fsp3) is 0.250. The highest BCUT2D eigenvalue weighted by Crippen LogP contribution is 2.17. The molecule has 0 radical (unpaired) electrons. The van der Waals surface area contributed by atoms with Gasteiger partial charge >= 0.3 is 0 Å². The monoisotopic (exact) mass is 366 g/mol. The van der Waals surface area contributed by atoms with Gasteiger partial charge in [-0.3, -0.25) is 14.5 Å². The number of amides is 1. The van der Waals surface area contributed by atoms with Crippen molar-refractivity contribution >= 4 is 5.91 Å². The van der Waals surface area contributed by atoms with Crippen LogP contribution in [0.2, 0.25) is 0 Å². The highest BCUT2D eigenvalue weighted by Gasteiger charge is 2.20. The first-order chi connectivity index (χ1) is 13.0. The molecule has 1 atom stereocenters. The van der Waals surface area contributed by atoms with Crippen molar-refractivity contribution in [3.05, 3.63) is 82.2 Å². The molecule has 140 valence electrons. The summed E-state index contributed by atoms with van der Waals surface area (Å²) in [5, 5.41) is 7.07. The van der Waals surface area contributed by atoms with Gasteiger partial charge in [0.25, 0.3) is 5.91 Å². The Bertz CT molecular complexity index is 963. The van der Waals surface area contributed by atoms with Crippen LogP contribution in [-0.2, 0) is 0 Å². The van der Waals surface area contributed by atoms with Crippen molar-refractivity contribution in [3.8, 4) is 5.69 Å². The van der Waals surface area contributed by atoms with E-state index in [4.69, 9.17) is 4.42 Å². The normalized spacial score (nSPS) is 12.1. The van der Waals surface area contributed by atoms with Crippen molar-refractivity contribution in [2.45, 2.75) is 13.0 Å². The van der Waals surface area contributed by atoms with E-state index in [0.717, 1.165) is 11.4 Å². The summed E-state index contributed by atoms with van der Waals surface area (Å²) in [4.78, 5) is 26.9. The second-order valence-corrected chi connectivity index (χ2v) is 6.45. The number of rotatable bonds is 6. The lowest BCUT2D eigenvalue weighted by Gasteiger charge is -2.22. The summed E-state index contributed by atoms with van der Waals surface area (Å²) < 4.78 is 7.03. The molecule has 0 saturated carbocycles. The number of benzene rings is 1. The number of nitrogens with zero attached hydrogens (tertiary/aromatic N) is 3.